The molecule has 1 aromatic rings. The molecule has 16 heavy (non-hydrogen) atoms. The molecule has 0 saturated heterocycles. The molecule has 0 saturated carbocycles. The SMILES string of the molecule is Cc1cc(C(=O)NCCC(C)C(=O)O)no1. The molecule has 1 rings (SSSR count). The van der Waals surface area contributed by atoms with Crippen molar-refractivity contribution in [2.75, 3.05) is 6.54 Å². The van der Waals surface area contributed by atoms with Crippen LogP contribution in [0.3, 0.4) is 0 Å². The monoisotopic (exact) mass is 226 g/mol. The van der Waals surface area contributed by atoms with Crippen LogP contribution in [0.4, 0.5) is 0 Å². The molecule has 0 spiro atoms. The minimum Gasteiger partial charge on any atom is -0.481 e. The van der Waals surface area contributed by atoms with E-state index < -0.39 is 11.9 Å². The predicted molar refractivity (Wildman–Crippen MR) is 55.0 cm³/mol. The first-order valence-corrected chi connectivity index (χ1v) is 4.95. The van der Waals surface area contributed by atoms with Gasteiger partial charge < -0.3 is 14.9 Å². The van der Waals surface area contributed by atoms with Gasteiger partial charge in [-0.3, -0.25) is 9.59 Å². The van der Waals surface area contributed by atoms with E-state index in [0.29, 0.717) is 18.7 Å². The average molecular weight is 226 g/mol. The summed E-state index contributed by atoms with van der Waals surface area (Å²) in [7, 11) is 0. The maximum absolute atomic E-state index is 11.4. The van der Waals surface area contributed by atoms with Crippen molar-refractivity contribution in [3.8, 4) is 0 Å². The van der Waals surface area contributed by atoms with Crippen LogP contribution in [0.1, 0.15) is 29.6 Å². The highest BCUT2D eigenvalue weighted by molar-refractivity contribution is 5.92. The Morgan fingerprint density at radius 2 is 2.31 bits per heavy atom. The summed E-state index contributed by atoms with van der Waals surface area (Å²) < 4.78 is 4.75. The van der Waals surface area contributed by atoms with E-state index in [1.165, 1.54) is 6.07 Å². The molecular weight excluding hydrogens is 212 g/mol. The lowest BCUT2D eigenvalue weighted by Crippen LogP contribution is -2.27. The molecule has 1 unspecified atom stereocenters. The molecule has 0 aliphatic heterocycles. The van der Waals surface area contributed by atoms with Crippen molar-refractivity contribution < 1.29 is 19.2 Å². The Bertz CT molecular complexity index is 386. The lowest BCUT2D eigenvalue weighted by molar-refractivity contribution is -0.141. The first kappa shape index (κ1) is 12.2. The summed E-state index contributed by atoms with van der Waals surface area (Å²) in [5.41, 5.74) is 0.209. The minimum atomic E-state index is -0.869. The molecular formula is C10H14N2O4. The molecule has 0 bridgehead atoms. The molecule has 0 aromatic carbocycles. The Kier molecular flexibility index (Phi) is 4.04. The largest absolute Gasteiger partial charge is 0.481 e. The van der Waals surface area contributed by atoms with Crippen molar-refractivity contribution >= 4 is 11.9 Å². The van der Waals surface area contributed by atoms with Crippen LogP contribution in [0.15, 0.2) is 10.6 Å². The van der Waals surface area contributed by atoms with Gasteiger partial charge in [-0.1, -0.05) is 12.1 Å². The van der Waals surface area contributed by atoms with E-state index in [2.05, 4.69) is 10.5 Å². The topological polar surface area (TPSA) is 92.4 Å². The molecule has 1 heterocycles. The van der Waals surface area contributed by atoms with Crippen molar-refractivity contribution in [2.24, 2.45) is 5.92 Å². The molecule has 2 N–H and O–H groups in total. The maximum atomic E-state index is 11.4. The van der Waals surface area contributed by atoms with Gasteiger partial charge in [0.15, 0.2) is 5.69 Å². The van der Waals surface area contributed by atoms with E-state index in [-0.39, 0.29) is 11.6 Å². The van der Waals surface area contributed by atoms with Gasteiger partial charge in [0.05, 0.1) is 5.92 Å². The van der Waals surface area contributed by atoms with Crippen LogP contribution in [0.2, 0.25) is 0 Å². The first-order chi connectivity index (χ1) is 7.50. The Morgan fingerprint density at radius 1 is 1.62 bits per heavy atom. The maximum Gasteiger partial charge on any atom is 0.306 e. The van der Waals surface area contributed by atoms with Gasteiger partial charge in [0, 0.05) is 12.6 Å². The van der Waals surface area contributed by atoms with Crippen molar-refractivity contribution in [1.82, 2.24) is 10.5 Å². The van der Waals surface area contributed by atoms with Crippen molar-refractivity contribution in [3.05, 3.63) is 17.5 Å². The molecule has 88 valence electrons. The zero-order chi connectivity index (χ0) is 12.1. The summed E-state index contributed by atoms with van der Waals surface area (Å²) in [5.74, 6) is -1.13. The average Bonchev–Trinajstić information content (AvgIpc) is 2.64. The van der Waals surface area contributed by atoms with Gasteiger partial charge in [0.1, 0.15) is 5.76 Å². The first-order valence-electron chi connectivity index (χ1n) is 4.95. The number of carboxylic acid groups (broad SMARTS) is 1. The number of nitrogens with one attached hydrogen (secondary N) is 1. The van der Waals surface area contributed by atoms with Crippen LogP contribution in [0.5, 0.6) is 0 Å². The zero-order valence-corrected chi connectivity index (χ0v) is 9.19. The quantitative estimate of drug-likeness (QED) is 0.775. The lowest BCUT2D eigenvalue weighted by atomic mass is 10.1. The van der Waals surface area contributed by atoms with Crippen molar-refractivity contribution in [1.29, 1.82) is 0 Å². The summed E-state index contributed by atoms with van der Waals surface area (Å²) in [6, 6.07) is 1.52. The van der Waals surface area contributed by atoms with Crippen LogP contribution in [0, 0.1) is 12.8 Å². The fourth-order valence-electron chi connectivity index (χ4n) is 1.09. The van der Waals surface area contributed by atoms with E-state index in [1.54, 1.807) is 13.8 Å². The minimum absolute atomic E-state index is 0.209. The number of rotatable bonds is 5. The second kappa shape index (κ2) is 5.29. The number of amides is 1. The van der Waals surface area contributed by atoms with Crippen LogP contribution in [-0.2, 0) is 4.79 Å². The Labute approximate surface area is 92.6 Å². The van der Waals surface area contributed by atoms with Gasteiger partial charge in [0.2, 0.25) is 0 Å². The summed E-state index contributed by atoms with van der Waals surface area (Å²) in [5, 5.41) is 14.7. The molecule has 0 aliphatic rings. The highest BCUT2D eigenvalue weighted by atomic mass is 16.5. The van der Waals surface area contributed by atoms with E-state index >= 15 is 0 Å². The molecule has 1 aromatic heterocycles. The lowest BCUT2D eigenvalue weighted by Gasteiger charge is -2.06. The van der Waals surface area contributed by atoms with E-state index in [1.807, 2.05) is 0 Å². The number of aromatic nitrogens is 1. The fraction of sp³-hybridized carbons (Fsp3) is 0.500. The number of nitrogens with zero attached hydrogens (tertiary/aromatic N) is 1. The van der Waals surface area contributed by atoms with E-state index in [4.69, 9.17) is 9.63 Å². The molecule has 1 atom stereocenters. The van der Waals surface area contributed by atoms with Gasteiger partial charge in [-0.05, 0) is 13.3 Å². The highest BCUT2D eigenvalue weighted by Gasteiger charge is 2.13. The Balaban J connectivity index is 2.34. The van der Waals surface area contributed by atoms with Crippen LogP contribution in [-0.4, -0.2) is 28.7 Å². The number of carboxylic acids is 1. The number of carbonyl (C=O) groups excluding carboxylic acids is 1. The third kappa shape index (κ3) is 3.38. The predicted octanol–water partition coefficient (Wildman–Crippen LogP) is 0.824. The molecule has 0 aliphatic carbocycles. The fourth-order valence-corrected chi connectivity index (χ4v) is 1.09. The third-order valence-corrected chi connectivity index (χ3v) is 2.15. The standard InChI is InChI=1S/C10H14N2O4/c1-6(10(14)15)3-4-11-9(13)8-5-7(2)16-12-8/h5-6H,3-4H2,1-2H3,(H,11,13)(H,14,15). The molecule has 1 amide bonds. The van der Waals surface area contributed by atoms with Gasteiger partial charge >= 0.3 is 5.97 Å². The smallest absolute Gasteiger partial charge is 0.306 e. The summed E-state index contributed by atoms with van der Waals surface area (Å²) in [4.78, 5) is 21.9. The Morgan fingerprint density at radius 3 is 2.81 bits per heavy atom. The molecule has 6 heteroatoms. The number of hydrogen-bond acceptors (Lipinski definition) is 4. The van der Waals surface area contributed by atoms with Crippen molar-refractivity contribution in [3.63, 3.8) is 0 Å². The second-order valence-corrected chi connectivity index (χ2v) is 3.61. The van der Waals surface area contributed by atoms with Gasteiger partial charge in [0.25, 0.3) is 5.91 Å². The Hall–Kier alpha value is -1.85. The van der Waals surface area contributed by atoms with Crippen LogP contribution < -0.4 is 5.32 Å². The number of carbonyl (C=O) groups is 2. The summed E-state index contributed by atoms with van der Waals surface area (Å²) >= 11 is 0. The van der Waals surface area contributed by atoms with E-state index in [9.17, 15) is 9.59 Å². The van der Waals surface area contributed by atoms with Gasteiger partial charge in [-0.25, -0.2) is 0 Å². The number of aryl methyl sites for hydroxylation is 1. The number of aliphatic carboxylic acids is 1. The molecule has 0 fully saturated rings. The second-order valence-electron chi connectivity index (χ2n) is 3.61. The summed E-state index contributed by atoms with van der Waals surface area (Å²) in [6.07, 6.45) is 0.387. The highest BCUT2D eigenvalue weighted by Crippen LogP contribution is 2.02. The number of hydrogen-bond donors (Lipinski definition) is 2. The van der Waals surface area contributed by atoms with Gasteiger partial charge in [-0.15, -0.1) is 0 Å². The van der Waals surface area contributed by atoms with Crippen molar-refractivity contribution in [2.45, 2.75) is 20.3 Å². The molecule has 6 nitrogen and oxygen atoms in total. The van der Waals surface area contributed by atoms with Crippen LogP contribution >= 0.6 is 0 Å². The normalized spacial score (nSPS) is 12.1. The van der Waals surface area contributed by atoms with E-state index in [0.717, 1.165) is 0 Å². The third-order valence-electron chi connectivity index (χ3n) is 2.15. The zero-order valence-electron chi connectivity index (χ0n) is 9.19. The van der Waals surface area contributed by atoms with Gasteiger partial charge in [-0.2, -0.15) is 0 Å². The van der Waals surface area contributed by atoms with Crippen LogP contribution in [0.25, 0.3) is 0 Å². The molecule has 0 radical (unpaired) electrons. The summed E-state index contributed by atoms with van der Waals surface area (Å²) in [6.45, 7) is 3.59.